The van der Waals surface area contributed by atoms with Crippen molar-refractivity contribution in [1.82, 2.24) is 5.32 Å². The summed E-state index contributed by atoms with van der Waals surface area (Å²) in [6.45, 7) is 0.151. The minimum Gasteiger partial charge on any atom is -0.397 e. The summed E-state index contributed by atoms with van der Waals surface area (Å²) in [5.41, 5.74) is 6.43. The molecule has 0 spiro atoms. The summed E-state index contributed by atoms with van der Waals surface area (Å²) in [4.78, 5) is 12.3. The number of carbonyl (C=O) groups excluding carboxylic acids is 1. The lowest BCUT2D eigenvalue weighted by molar-refractivity contribution is 0.0949. The highest BCUT2D eigenvalue weighted by Gasteiger charge is 2.15. The minimum absolute atomic E-state index is 0.0813. The highest BCUT2D eigenvalue weighted by Crippen LogP contribution is 2.35. The van der Waals surface area contributed by atoms with Gasteiger partial charge in [0.15, 0.2) is 0 Å². The molecule has 1 aromatic heterocycles. The van der Waals surface area contributed by atoms with Crippen molar-refractivity contribution in [2.75, 3.05) is 18.9 Å². The fourth-order valence-electron chi connectivity index (χ4n) is 1.51. The fraction of sp³-hybridized carbons (Fsp3) is 0.182. The highest BCUT2D eigenvalue weighted by molar-refractivity contribution is 9.10. The van der Waals surface area contributed by atoms with Crippen molar-refractivity contribution in [3.63, 3.8) is 0 Å². The lowest BCUT2D eigenvalue weighted by Gasteiger charge is -2.01. The predicted octanol–water partition coefficient (Wildman–Crippen LogP) is 1.97. The molecule has 0 unspecified atom stereocenters. The number of hydrogen-bond donors (Lipinski definition) is 3. The number of fused-ring (bicyclic) bond motifs is 1. The number of aliphatic hydroxyl groups is 1. The molecule has 1 aromatic carbocycles. The molecular formula is C11H11BrN2O2S. The molecule has 1 amide bonds. The van der Waals surface area contributed by atoms with Gasteiger partial charge < -0.3 is 16.2 Å². The molecule has 0 aliphatic rings. The van der Waals surface area contributed by atoms with Gasteiger partial charge >= 0.3 is 0 Å². The average molecular weight is 315 g/mol. The second-order valence-corrected chi connectivity index (χ2v) is 5.43. The third kappa shape index (κ3) is 2.43. The van der Waals surface area contributed by atoms with Gasteiger partial charge in [0, 0.05) is 21.1 Å². The standard InChI is InChI=1S/C11H11BrN2O2S/c12-6-1-2-7-8(5-6)17-10(9(7)13)11(16)14-3-4-15/h1-2,5,15H,3-4,13H2,(H,14,16). The Morgan fingerprint density at radius 3 is 3.00 bits per heavy atom. The van der Waals surface area contributed by atoms with Crippen molar-refractivity contribution in [2.24, 2.45) is 0 Å². The van der Waals surface area contributed by atoms with Crippen LogP contribution in [0.25, 0.3) is 10.1 Å². The molecule has 2 rings (SSSR count). The highest BCUT2D eigenvalue weighted by atomic mass is 79.9. The molecule has 0 atom stereocenters. The molecule has 6 heteroatoms. The van der Waals surface area contributed by atoms with E-state index in [0.29, 0.717) is 10.6 Å². The van der Waals surface area contributed by atoms with Crippen LogP contribution >= 0.6 is 27.3 Å². The zero-order valence-corrected chi connectivity index (χ0v) is 11.3. The Kier molecular flexibility index (Phi) is 3.66. The molecule has 90 valence electrons. The molecule has 0 saturated carbocycles. The van der Waals surface area contributed by atoms with E-state index in [1.165, 1.54) is 11.3 Å². The number of benzene rings is 1. The molecular weight excluding hydrogens is 304 g/mol. The number of amides is 1. The van der Waals surface area contributed by atoms with Gasteiger partial charge in [0.05, 0.1) is 12.3 Å². The van der Waals surface area contributed by atoms with Crippen LogP contribution in [0.15, 0.2) is 22.7 Å². The minimum atomic E-state index is -0.242. The van der Waals surface area contributed by atoms with Crippen LogP contribution in [-0.4, -0.2) is 24.2 Å². The summed E-state index contributed by atoms with van der Waals surface area (Å²) in [7, 11) is 0. The predicted molar refractivity (Wildman–Crippen MR) is 73.4 cm³/mol. The van der Waals surface area contributed by atoms with Crippen LogP contribution in [0.4, 0.5) is 5.69 Å². The van der Waals surface area contributed by atoms with Gasteiger partial charge in [-0.2, -0.15) is 0 Å². The van der Waals surface area contributed by atoms with E-state index in [1.807, 2.05) is 18.2 Å². The monoisotopic (exact) mass is 314 g/mol. The summed E-state index contributed by atoms with van der Waals surface area (Å²) in [5, 5.41) is 12.1. The maximum atomic E-state index is 11.8. The second-order valence-electron chi connectivity index (χ2n) is 3.46. The van der Waals surface area contributed by atoms with Gasteiger partial charge in [-0.05, 0) is 12.1 Å². The summed E-state index contributed by atoms with van der Waals surface area (Å²) in [5.74, 6) is -0.242. The second kappa shape index (κ2) is 5.03. The van der Waals surface area contributed by atoms with Crippen molar-refractivity contribution in [2.45, 2.75) is 0 Å². The number of carbonyl (C=O) groups is 1. The van der Waals surface area contributed by atoms with Crippen LogP contribution in [0.2, 0.25) is 0 Å². The SMILES string of the molecule is Nc1c(C(=O)NCCO)sc2cc(Br)ccc12. The molecule has 1 heterocycles. The van der Waals surface area contributed by atoms with E-state index in [4.69, 9.17) is 10.8 Å². The Hall–Kier alpha value is -1.11. The van der Waals surface area contributed by atoms with Gasteiger partial charge in [-0.15, -0.1) is 11.3 Å². The molecule has 0 saturated heterocycles. The molecule has 0 aliphatic heterocycles. The van der Waals surface area contributed by atoms with Crippen LogP contribution in [-0.2, 0) is 0 Å². The van der Waals surface area contributed by atoms with Gasteiger partial charge in [0.25, 0.3) is 5.91 Å². The van der Waals surface area contributed by atoms with Crippen LogP contribution < -0.4 is 11.1 Å². The van der Waals surface area contributed by atoms with E-state index >= 15 is 0 Å². The Bertz CT molecular complexity index is 568. The molecule has 4 nitrogen and oxygen atoms in total. The molecule has 17 heavy (non-hydrogen) atoms. The number of thiophene rings is 1. The molecule has 0 aliphatic carbocycles. The maximum absolute atomic E-state index is 11.8. The van der Waals surface area contributed by atoms with Crippen LogP contribution in [0.5, 0.6) is 0 Å². The quantitative estimate of drug-likeness (QED) is 0.810. The van der Waals surface area contributed by atoms with Crippen molar-refractivity contribution < 1.29 is 9.90 Å². The van der Waals surface area contributed by atoms with E-state index in [1.54, 1.807) is 0 Å². The van der Waals surface area contributed by atoms with E-state index in [2.05, 4.69) is 21.2 Å². The number of aliphatic hydroxyl groups excluding tert-OH is 1. The fourth-order valence-corrected chi connectivity index (χ4v) is 3.10. The first-order chi connectivity index (χ1) is 8.13. The molecule has 4 N–H and O–H groups in total. The summed E-state index contributed by atoms with van der Waals surface area (Å²) in [6.07, 6.45) is 0. The van der Waals surface area contributed by atoms with E-state index < -0.39 is 0 Å². The van der Waals surface area contributed by atoms with Gasteiger partial charge in [0.1, 0.15) is 4.88 Å². The third-order valence-electron chi connectivity index (χ3n) is 2.29. The molecule has 0 radical (unpaired) electrons. The first-order valence-corrected chi connectivity index (χ1v) is 6.61. The van der Waals surface area contributed by atoms with E-state index in [0.717, 1.165) is 14.6 Å². The molecule has 2 aromatic rings. The number of anilines is 1. The average Bonchev–Trinajstić information content (AvgIpc) is 2.63. The number of nitrogens with two attached hydrogens (primary N) is 1. The van der Waals surface area contributed by atoms with Crippen molar-refractivity contribution >= 4 is 48.9 Å². The number of nitrogens with one attached hydrogen (secondary N) is 1. The number of nitrogen functional groups attached to an aromatic ring is 1. The third-order valence-corrected chi connectivity index (χ3v) is 3.95. The summed E-state index contributed by atoms with van der Waals surface area (Å²) >= 11 is 4.73. The molecule has 0 bridgehead atoms. The van der Waals surface area contributed by atoms with E-state index in [-0.39, 0.29) is 19.1 Å². The normalized spacial score (nSPS) is 10.7. The first-order valence-electron chi connectivity index (χ1n) is 5.00. The topological polar surface area (TPSA) is 75.4 Å². The smallest absolute Gasteiger partial charge is 0.263 e. The number of rotatable bonds is 3. The lowest BCUT2D eigenvalue weighted by Crippen LogP contribution is -2.26. The van der Waals surface area contributed by atoms with Gasteiger partial charge in [-0.25, -0.2) is 0 Å². The molecule has 0 fully saturated rings. The van der Waals surface area contributed by atoms with Crippen LogP contribution in [0.3, 0.4) is 0 Å². The Labute approximate surface area is 111 Å². The Morgan fingerprint density at radius 2 is 2.29 bits per heavy atom. The summed E-state index contributed by atoms with van der Waals surface area (Å²) < 4.78 is 1.92. The van der Waals surface area contributed by atoms with E-state index in [9.17, 15) is 4.79 Å². The van der Waals surface area contributed by atoms with Crippen molar-refractivity contribution in [1.29, 1.82) is 0 Å². The Morgan fingerprint density at radius 1 is 1.53 bits per heavy atom. The van der Waals surface area contributed by atoms with Crippen LogP contribution in [0, 0.1) is 0 Å². The van der Waals surface area contributed by atoms with Gasteiger partial charge in [-0.1, -0.05) is 22.0 Å². The van der Waals surface area contributed by atoms with Gasteiger partial charge in [0.2, 0.25) is 0 Å². The summed E-state index contributed by atoms with van der Waals surface area (Å²) in [6, 6.07) is 5.70. The number of hydrogen-bond acceptors (Lipinski definition) is 4. The van der Waals surface area contributed by atoms with Crippen molar-refractivity contribution in [3.05, 3.63) is 27.5 Å². The maximum Gasteiger partial charge on any atom is 0.263 e. The largest absolute Gasteiger partial charge is 0.397 e. The first kappa shape index (κ1) is 12.3. The van der Waals surface area contributed by atoms with Crippen molar-refractivity contribution in [3.8, 4) is 0 Å². The van der Waals surface area contributed by atoms with Gasteiger partial charge in [-0.3, -0.25) is 4.79 Å². The lowest BCUT2D eigenvalue weighted by atomic mass is 10.2. The zero-order valence-electron chi connectivity index (χ0n) is 8.87. The number of halogens is 1. The zero-order chi connectivity index (χ0) is 12.4. The Balaban J connectivity index is 2.41. The van der Waals surface area contributed by atoms with Crippen LogP contribution in [0.1, 0.15) is 9.67 Å².